The van der Waals surface area contributed by atoms with E-state index in [0.717, 1.165) is 0 Å². The molecule has 1 atom stereocenters. The van der Waals surface area contributed by atoms with Crippen molar-refractivity contribution in [1.29, 1.82) is 0 Å². The van der Waals surface area contributed by atoms with Gasteiger partial charge in [0.15, 0.2) is 9.84 Å². The van der Waals surface area contributed by atoms with Gasteiger partial charge in [0, 0.05) is 12.3 Å². The minimum absolute atomic E-state index is 0.0327. The van der Waals surface area contributed by atoms with E-state index in [1.165, 1.54) is 0 Å². The van der Waals surface area contributed by atoms with E-state index < -0.39 is 15.4 Å². The molecule has 1 amide bonds. The predicted octanol–water partition coefficient (Wildman–Crippen LogP) is -0.335. The Morgan fingerprint density at radius 1 is 1.40 bits per heavy atom. The Labute approximate surface area is 91.3 Å². The van der Waals surface area contributed by atoms with E-state index in [9.17, 15) is 13.2 Å². The third kappa shape index (κ3) is 5.13. The molecule has 0 aliphatic carbocycles. The summed E-state index contributed by atoms with van der Waals surface area (Å²) in [5.41, 5.74) is 4.76. The SMILES string of the molecule is CCC(C)(N)C(=O)NCCS(=O)(=O)CC. The van der Waals surface area contributed by atoms with Crippen LogP contribution in [-0.4, -0.2) is 37.9 Å². The van der Waals surface area contributed by atoms with Crippen molar-refractivity contribution >= 4 is 15.7 Å². The third-order valence-electron chi connectivity index (χ3n) is 2.39. The highest BCUT2D eigenvalue weighted by Gasteiger charge is 2.25. The summed E-state index contributed by atoms with van der Waals surface area (Å²) in [5, 5.41) is 2.52. The van der Waals surface area contributed by atoms with Crippen LogP contribution in [0.4, 0.5) is 0 Å². The fourth-order valence-corrected chi connectivity index (χ4v) is 1.53. The van der Waals surface area contributed by atoms with E-state index in [-0.39, 0.29) is 24.0 Å². The van der Waals surface area contributed by atoms with E-state index in [1.807, 2.05) is 6.92 Å². The van der Waals surface area contributed by atoms with Gasteiger partial charge in [0.25, 0.3) is 0 Å². The second-order valence-corrected chi connectivity index (χ2v) is 6.24. The number of sulfone groups is 1. The van der Waals surface area contributed by atoms with Crippen LogP contribution in [0, 0.1) is 0 Å². The normalized spacial score (nSPS) is 15.7. The van der Waals surface area contributed by atoms with Gasteiger partial charge in [-0.1, -0.05) is 13.8 Å². The molecule has 5 nitrogen and oxygen atoms in total. The largest absolute Gasteiger partial charge is 0.353 e. The molecule has 0 fully saturated rings. The molecule has 3 N–H and O–H groups in total. The summed E-state index contributed by atoms with van der Waals surface area (Å²) in [6, 6.07) is 0. The molecular weight excluding hydrogens is 216 g/mol. The first-order valence-electron chi connectivity index (χ1n) is 5.02. The van der Waals surface area contributed by atoms with Crippen molar-refractivity contribution in [3.63, 3.8) is 0 Å². The monoisotopic (exact) mass is 236 g/mol. The maximum absolute atomic E-state index is 11.4. The molecule has 0 aromatic rings. The van der Waals surface area contributed by atoms with Crippen LogP contribution in [0.5, 0.6) is 0 Å². The van der Waals surface area contributed by atoms with Crippen molar-refractivity contribution in [2.24, 2.45) is 5.73 Å². The first-order valence-corrected chi connectivity index (χ1v) is 6.85. The molecule has 0 spiro atoms. The average molecular weight is 236 g/mol. The zero-order chi connectivity index (χ0) is 12.1. The van der Waals surface area contributed by atoms with E-state index in [1.54, 1.807) is 13.8 Å². The van der Waals surface area contributed by atoms with E-state index in [4.69, 9.17) is 5.73 Å². The van der Waals surface area contributed by atoms with Crippen LogP contribution in [-0.2, 0) is 14.6 Å². The molecule has 0 radical (unpaired) electrons. The summed E-state index contributed by atoms with van der Waals surface area (Å²) >= 11 is 0. The molecule has 0 aliphatic rings. The summed E-state index contributed by atoms with van der Waals surface area (Å²) in [6.07, 6.45) is 0.513. The van der Waals surface area contributed by atoms with Crippen molar-refractivity contribution in [3.05, 3.63) is 0 Å². The van der Waals surface area contributed by atoms with Crippen molar-refractivity contribution in [2.45, 2.75) is 32.7 Å². The number of nitrogens with one attached hydrogen (secondary N) is 1. The van der Waals surface area contributed by atoms with E-state index >= 15 is 0 Å². The standard InChI is InChI=1S/C9H20N2O3S/c1-4-9(3,10)8(12)11-6-7-15(13,14)5-2/h4-7,10H2,1-3H3,(H,11,12). The Balaban J connectivity index is 4.04. The first kappa shape index (κ1) is 14.4. The van der Waals surface area contributed by atoms with Gasteiger partial charge in [0.2, 0.25) is 5.91 Å². The lowest BCUT2D eigenvalue weighted by Gasteiger charge is -2.21. The average Bonchev–Trinajstić information content (AvgIpc) is 2.17. The van der Waals surface area contributed by atoms with Crippen LogP contribution >= 0.6 is 0 Å². The number of hydrogen-bond donors (Lipinski definition) is 2. The lowest BCUT2D eigenvalue weighted by atomic mass is 10.00. The topological polar surface area (TPSA) is 89.3 Å². The van der Waals surface area contributed by atoms with Crippen molar-refractivity contribution in [1.82, 2.24) is 5.32 Å². The fraction of sp³-hybridized carbons (Fsp3) is 0.889. The van der Waals surface area contributed by atoms with Gasteiger partial charge in [-0.2, -0.15) is 0 Å². The first-order chi connectivity index (χ1) is 6.75. The highest BCUT2D eigenvalue weighted by molar-refractivity contribution is 7.91. The molecule has 0 aromatic carbocycles. The van der Waals surface area contributed by atoms with Gasteiger partial charge in [-0.15, -0.1) is 0 Å². The predicted molar refractivity (Wildman–Crippen MR) is 60.2 cm³/mol. The highest BCUT2D eigenvalue weighted by Crippen LogP contribution is 2.03. The highest BCUT2D eigenvalue weighted by atomic mass is 32.2. The Kier molecular flexibility index (Phi) is 5.23. The summed E-state index contributed by atoms with van der Waals surface area (Å²) in [5.74, 6) is -0.248. The molecule has 0 aromatic heterocycles. The summed E-state index contributed by atoms with van der Waals surface area (Å²) in [6.45, 7) is 5.14. The molecule has 0 bridgehead atoms. The van der Waals surface area contributed by atoms with Crippen molar-refractivity contribution < 1.29 is 13.2 Å². The minimum atomic E-state index is -3.02. The Morgan fingerprint density at radius 2 is 1.93 bits per heavy atom. The Hall–Kier alpha value is -0.620. The van der Waals surface area contributed by atoms with Crippen LogP contribution in [0.2, 0.25) is 0 Å². The molecule has 6 heteroatoms. The maximum Gasteiger partial charge on any atom is 0.239 e. The van der Waals surface area contributed by atoms with E-state index in [2.05, 4.69) is 5.32 Å². The maximum atomic E-state index is 11.4. The molecule has 0 heterocycles. The van der Waals surface area contributed by atoms with Crippen LogP contribution in [0.3, 0.4) is 0 Å². The quantitative estimate of drug-likeness (QED) is 0.660. The molecule has 1 unspecified atom stereocenters. The zero-order valence-electron chi connectivity index (χ0n) is 9.54. The molecule has 15 heavy (non-hydrogen) atoms. The van der Waals surface area contributed by atoms with E-state index in [0.29, 0.717) is 6.42 Å². The van der Waals surface area contributed by atoms with Crippen LogP contribution < -0.4 is 11.1 Å². The van der Waals surface area contributed by atoms with Gasteiger partial charge in [-0.05, 0) is 13.3 Å². The minimum Gasteiger partial charge on any atom is -0.353 e. The number of rotatable bonds is 6. The Bertz CT molecular complexity index is 309. The number of amides is 1. The number of carbonyl (C=O) groups excluding carboxylic acids is 1. The van der Waals surface area contributed by atoms with Gasteiger partial charge in [-0.3, -0.25) is 4.79 Å². The number of carbonyl (C=O) groups is 1. The number of hydrogen-bond acceptors (Lipinski definition) is 4. The van der Waals surface area contributed by atoms with Gasteiger partial charge in [0.05, 0.1) is 11.3 Å². The third-order valence-corrected chi connectivity index (χ3v) is 4.10. The van der Waals surface area contributed by atoms with Gasteiger partial charge < -0.3 is 11.1 Å². The van der Waals surface area contributed by atoms with Crippen LogP contribution in [0.25, 0.3) is 0 Å². The molecule has 0 aliphatic heterocycles. The van der Waals surface area contributed by atoms with Gasteiger partial charge in [0.1, 0.15) is 0 Å². The molecule has 0 rings (SSSR count). The van der Waals surface area contributed by atoms with Gasteiger partial charge in [-0.25, -0.2) is 8.42 Å². The summed E-state index contributed by atoms with van der Waals surface area (Å²) < 4.78 is 22.2. The van der Waals surface area contributed by atoms with Crippen molar-refractivity contribution in [3.8, 4) is 0 Å². The smallest absolute Gasteiger partial charge is 0.239 e. The molecule has 90 valence electrons. The summed E-state index contributed by atoms with van der Waals surface area (Å²) in [4.78, 5) is 11.4. The van der Waals surface area contributed by atoms with Crippen LogP contribution in [0.1, 0.15) is 27.2 Å². The summed E-state index contributed by atoms with van der Waals surface area (Å²) in [7, 11) is -3.02. The lowest BCUT2D eigenvalue weighted by molar-refractivity contribution is -0.125. The molecular formula is C9H20N2O3S. The van der Waals surface area contributed by atoms with Gasteiger partial charge >= 0.3 is 0 Å². The Morgan fingerprint density at radius 3 is 2.33 bits per heavy atom. The molecule has 0 saturated carbocycles. The van der Waals surface area contributed by atoms with Crippen LogP contribution in [0.15, 0.2) is 0 Å². The molecule has 0 saturated heterocycles. The fourth-order valence-electron chi connectivity index (χ4n) is 0.827. The van der Waals surface area contributed by atoms with Crippen molar-refractivity contribution in [2.75, 3.05) is 18.1 Å². The number of nitrogens with two attached hydrogens (primary N) is 1. The second kappa shape index (κ2) is 5.46. The lowest BCUT2D eigenvalue weighted by Crippen LogP contribution is -2.51. The second-order valence-electron chi connectivity index (χ2n) is 3.76. The zero-order valence-corrected chi connectivity index (χ0v) is 10.4.